The number of rotatable bonds is 8. The van der Waals surface area contributed by atoms with E-state index in [-0.39, 0.29) is 24.3 Å². The number of ether oxygens (including phenoxy) is 1. The molecule has 0 bridgehead atoms. The highest BCUT2D eigenvalue weighted by Gasteiger charge is 2.43. The number of carbonyl (C=O) groups is 2. The van der Waals surface area contributed by atoms with Crippen molar-refractivity contribution in [1.29, 1.82) is 0 Å². The lowest BCUT2D eigenvalue weighted by atomic mass is 9.93. The molecule has 1 atom stereocenters. The first-order valence-electron chi connectivity index (χ1n) is 10.6. The number of nitrogens with zero attached hydrogens (tertiary/aromatic N) is 1. The smallest absolute Gasteiger partial charge is 0.290 e. The Labute approximate surface area is 187 Å². The van der Waals surface area contributed by atoms with E-state index in [4.69, 9.17) is 4.74 Å². The molecule has 0 saturated heterocycles. The quantitative estimate of drug-likeness (QED) is 0.561. The average Bonchev–Trinajstić information content (AvgIpc) is 3.09. The molecular weight excluding hydrogens is 402 g/mol. The predicted molar refractivity (Wildman–Crippen MR) is 122 cm³/mol. The molecule has 0 aliphatic carbocycles. The SMILES string of the molecule is COc1ccc([C@@H]2C(C(=O)CCc3ccccc3)=C(O)C(=O)N2Cc2ccccc2)cc1. The van der Waals surface area contributed by atoms with E-state index < -0.39 is 17.7 Å². The number of amides is 1. The zero-order valence-corrected chi connectivity index (χ0v) is 17.9. The lowest BCUT2D eigenvalue weighted by Crippen LogP contribution is -2.30. The van der Waals surface area contributed by atoms with Crippen molar-refractivity contribution < 1.29 is 19.4 Å². The molecule has 5 heteroatoms. The highest BCUT2D eigenvalue weighted by atomic mass is 16.5. The van der Waals surface area contributed by atoms with Gasteiger partial charge >= 0.3 is 0 Å². The van der Waals surface area contributed by atoms with Crippen LogP contribution >= 0.6 is 0 Å². The first-order valence-corrected chi connectivity index (χ1v) is 10.6. The third-order valence-electron chi connectivity index (χ3n) is 5.71. The van der Waals surface area contributed by atoms with Crippen molar-refractivity contribution in [2.45, 2.75) is 25.4 Å². The maximum absolute atomic E-state index is 13.3. The van der Waals surface area contributed by atoms with E-state index >= 15 is 0 Å². The summed E-state index contributed by atoms with van der Waals surface area (Å²) in [5.41, 5.74) is 2.87. The van der Waals surface area contributed by atoms with Crippen LogP contribution in [0.15, 0.2) is 96.3 Å². The van der Waals surface area contributed by atoms with Crippen LogP contribution in [0.5, 0.6) is 5.75 Å². The summed E-state index contributed by atoms with van der Waals surface area (Å²) < 4.78 is 5.25. The van der Waals surface area contributed by atoms with Crippen LogP contribution in [0.3, 0.4) is 0 Å². The molecule has 0 aromatic heterocycles. The highest BCUT2D eigenvalue weighted by molar-refractivity contribution is 6.09. The third-order valence-corrected chi connectivity index (χ3v) is 5.71. The number of aliphatic hydroxyl groups excluding tert-OH is 1. The minimum absolute atomic E-state index is 0.159. The summed E-state index contributed by atoms with van der Waals surface area (Å²) in [5, 5.41) is 10.7. The van der Waals surface area contributed by atoms with Gasteiger partial charge in [0.15, 0.2) is 11.5 Å². The van der Waals surface area contributed by atoms with E-state index in [0.717, 1.165) is 16.7 Å². The van der Waals surface area contributed by atoms with Gasteiger partial charge in [-0.05, 0) is 35.2 Å². The molecule has 3 aromatic carbocycles. The summed E-state index contributed by atoms with van der Waals surface area (Å²) in [4.78, 5) is 27.9. The average molecular weight is 428 g/mol. The van der Waals surface area contributed by atoms with Gasteiger partial charge in [-0.25, -0.2) is 0 Å². The van der Waals surface area contributed by atoms with E-state index in [1.54, 1.807) is 24.1 Å². The van der Waals surface area contributed by atoms with Gasteiger partial charge in [-0.2, -0.15) is 0 Å². The van der Waals surface area contributed by atoms with Crippen molar-refractivity contribution in [3.8, 4) is 5.75 Å². The summed E-state index contributed by atoms with van der Waals surface area (Å²) in [5.74, 6) is -0.536. The molecule has 0 saturated carbocycles. The van der Waals surface area contributed by atoms with Gasteiger partial charge in [0.25, 0.3) is 5.91 Å². The number of aliphatic hydroxyl groups is 1. The molecule has 1 heterocycles. The van der Waals surface area contributed by atoms with Crippen LogP contribution in [0.25, 0.3) is 0 Å². The number of benzene rings is 3. The Morgan fingerprint density at radius 2 is 1.50 bits per heavy atom. The molecule has 1 amide bonds. The fourth-order valence-corrected chi connectivity index (χ4v) is 4.05. The van der Waals surface area contributed by atoms with Gasteiger partial charge < -0.3 is 14.7 Å². The van der Waals surface area contributed by atoms with Gasteiger partial charge in [-0.3, -0.25) is 9.59 Å². The number of methoxy groups -OCH3 is 1. The van der Waals surface area contributed by atoms with E-state index in [9.17, 15) is 14.7 Å². The second-order valence-electron chi connectivity index (χ2n) is 7.77. The largest absolute Gasteiger partial charge is 0.503 e. The standard InChI is InChI=1S/C27H25NO4/c1-32-22-15-13-21(14-16-22)25-24(23(29)17-12-19-8-4-2-5-9-19)26(30)27(31)28(25)18-20-10-6-3-7-11-20/h2-11,13-16,25,30H,12,17-18H2,1H3/t25-/m1/s1. The number of hydrogen-bond acceptors (Lipinski definition) is 4. The normalized spacial score (nSPS) is 15.8. The second kappa shape index (κ2) is 9.52. The van der Waals surface area contributed by atoms with Crippen molar-refractivity contribution in [3.63, 3.8) is 0 Å². The third kappa shape index (κ3) is 4.42. The molecule has 5 nitrogen and oxygen atoms in total. The minimum atomic E-state index is -0.656. The maximum Gasteiger partial charge on any atom is 0.290 e. The molecule has 1 aliphatic rings. The summed E-state index contributed by atoms with van der Waals surface area (Å²) in [6.45, 7) is 0.288. The van der Waals surface area contributed by atoms with Crippen molar-refractivity contribution in [2.75, 3.05) is 7.11 Å². The number of carbonyl (C=O) groups excluding carboxylic acids is 2. The van der Waals surface area contributed by atoms with Crippen LogP contribution in [0, 0.1) is 0 Å². The van der Waals surface area contributed by atoms with Crippen LogP contribution in [0.2, 0.25) is 0 Å². The van der Waals surface area contributed by atoms with Gasteiger partial charge in [0, 0.05) is 13.0 Å². The lowest BCUT2D eigenvalue weighted by molar-refractivity contribution is -0.130. The Hall–Kier alpha value is -3.86. The van der Waals surface area contributed by atoms with Crippen molar-refractivity contribution in [3.05, 3.63) is 113 Å². The lowest BCUT2D eigenvalue weighted by Gasteiger charge is -2.27. The molecule has 4 rings (SSSR count). The van der Waals surface area contributed by atoms with Gasteiger partial charge in [0.1, 0.15) is 5.75 Å². The fraction of sp³-hybridized carbons (Fsp3) is 0.185. The number of ketones is 1. The minimum Gasteiger partial charge on any atom is -0.503 e. The van der Waals surface area contributed by atoms with Crippen LogP contribution in [-0.2, 0) is 22.6 Å². The van der Waals surface area contributed by atoms with Crippen LogP contribution in [-0.4, -0.2) is 28.8 Å². The zero-order valence-electron chi connectivity index (χ0n) is 17.9. The second-order valence-corrected chi connectivity index (χ2v) is 7.77. The molecular formula is C27H25NO4. The highest BCUT2D eigenvalue weighted by Crippen LogP contribution is 2.39. The van der Waals surface area contributed by atoms with E-state index in [2.05, 4.69) is 0 Å². The summed E-state index contributed by atoms with van der Waals surface area (Å²) in [6.07, 6.45) is 0.751. The van der Waals surface area contributed by atoms with E-state index in [1.807, 2.05) is 72.8 Å². The molecule has 32 heavy (non-hydrogen) atoms. The van der Waals surface area contributed by atoms with Crippen LogP contribution in [0.1, 0.15) is 29.2 Å². The summed E-state index contributed by atoms with van der Waals surface area (Å²) >= 11 is 0. The van der Waals surface area contributed by atoms with Gasteiger partial charge in [-0.1, -0.05) is 72.8 Å². The van der Waals surface area contributed by atoms with Crippen molar-refractivity contribution >= 4 is 11.7 Å². The predicted octanol–water partition coefficient (Wildman–Crippen LogP) is 4.79. The van der Waals surface area contributed by atoms with Crippen LogP contribution < -0.4 is 4.74 Å². The first-order chi connectivity index (χ1) is 15.6. The van der Waals surface area contributed by atoms with Crippen molar-refractivity contribution in [2.24, 2.45) is 0 Å². The van der Waals surface area contributed by atoms with E-state index in [0.29, 0.717) is 12.2 Å². The van der Waals surface area contributed by atoms with Crippen LogP contribution in [0.4, 0.5) is 0 Å². The molecule has 0 unspecified atom stereocenters. The number of hydrogen-bond donors (Lipinski definition) is 1. The van der Waals surface area contributed by atoms with Gasteiger partial charge in [0.05, 0.1) is 18.7 Å². The molecule has 1 N–H and O–H groups in total. The molecule has 162 valence electrons. The Morgan fingerprint density at radius 3 is 2.09 bits per heavy atom. The number of Topliss-reactive ketones (excluding diaryl/α,β-unsaturated/α-hetero) is 1. The number of aryl methyl sites for hydroxylation is 1. The molecule has 0 spiro atoms. The van der Waals surface area contributed by atoms with Gasteiger partial charge in [-0.15, -0.1) is 0 Å². The summed E-state index contributed by atoms with van der Waals surface area (Å²) in [7, 11) is 1.58. The van der Waals surface area contributed by atoms with Crippen molar-refractivity contribution in [1.82, 2.24) is 4.90 Å². The summed E-state index contributed by atoms with van der Waals surface area (Å²) in [6, 6.07) is 25.9. The Bertz CT molecular complexity index is 1120. The van der Waals surface area contributed by atoms with Gasteiger partial charge in [0.2, 0.25) is 0 Å². The molecule has 1 aliphatic heterocycles. The monoisotopic (exact) mass is 427 g/mol. The Morgan fingerprint density at radius 1 is 0.906 bits per heavy atom. The first kappa shape index (κ1) is 21.4. The maximum atomic E-state index is 13.3. The molecule has 0 fully saturated rings. The fourth-order valence-electron chi connectivity index (χ4n) is 4.05. The zero-order chi connectivity index (χ0) is 22.5. The molecule has 3 aromatic rings. The topological polar surface area (TPSA) is 66.8 Å². The Balaban J connectivity index is 1.66. The van der Waals surface area contributed by atoms with E-state index in [1.165, 1.54) is 0 Å². The Kier molecular flexibility index (Phi) is 6.36. The molecule has 0 radical (unpaired) electrons.